The monoisotopic (exact) mass is 511 g/mol. The van der Waals surface area contributed by atoms with Gasteiger partial charge in [0.2, 0.25) is 0 Å². The third-order valence-electron chi connectivity index (χ3n) is 7.29. The van der Waals surface area contributed by atoms with Gasteiger partial charge in [0.25, 0.3) is 0 Å². The second-order valence-corrected chi connectivity index (χ2v) is 12.1. The van der Waals surface area contributed by atoms with Crippen molar-refractivity contribution in [3.05, 3.63) is 0 Å². The van der Waals surface area contributed by atoms with Crippen LogP contribution in [0.3, 0.4) is 0 Å². The molecule has 0 saturated carbocycles. The molecule has 0 saturated heterocycles. The number of carbonyl (C=O) groups is 1. The molecule has 216 valence electrons. The first-order chi connectivity index (χ1) is 17.5. The van der Waals surface area contributed by atoms with Crippen LogP contribution in [0.5, 0.6) is 0 Å². The lowest BCUT2D eigenvalue weighted by Crippen LogP contribution is -2.09. The summed E-state index contributed by atoms with van der Waals surface area (Å²) in [6.07, 6.45) is 31.2. The highest BCUT2D eigenvalue weighted by molar-refractivity contribution is 5.59. The van der Waals surface area contributed by atoms with E-state index >= 15 is 0 Å². The fraction of sp³-hybridized carbons (Fsp3) is 0.970. The SMILES string of the molecule is CC(C)CCCCCCCCCCCCCOC(=O)OCCCCCCCCCCCCCC(C)C. The fourth-order valence-corrected chi connectivity index (χ4v) is 4.84. The van der Waals surface area contributed by atoms with Crippen LogP contribution in [0.15, 0.2) is 0 Å². The number of unbranched alkanes of at least 4 members (excludes halogenated alkanes) is 20. The second-order valence-electron chi connectivity index (χ2n) is 12.1. The van der Waals surface area contributed by atoms with Crippen molar-refractivity contribution >= 4 is 6.16 Å². The molecule has 36 heavy (non-hydrogen) atoms. The molecule has 0 atom stereocenters. The summed E-state index contributed by atoms with van der Waals surface area (Å²) in [5, 5.41) is 0. The van der Waals surface area contributed by atoms with Gasteiger partial charge in [-0.15, -0.1) is 0 Å². The summed E-state index contributed by atoms with van der Waals surface area (Å²) in [5.74, 6) is 1.72. The van der Waals surface area contributed by atoms with Gasteiger partial charge in [-0.1, -0.05) is 169 Å². The maximum atomic E-state index is 11.7. The third kappa shape index (κ3) is 31.3. The van der Waals surface area contributed by atoms with Crippen LogP contribution in [0.4, 0.5) is 4.79 Å². The Morgan fingerprint density at radius 2 is 0.611 bits per heavy atom. The molecule has 3 heteroatoms. The molecule has 3 nitrogen and oxygen atoms in total. The van der Waals surface area contributed by atoms with Crippen molar-refractivity contribution < 1.29 is 14.3 Å². The van der Waals surface area contributed by atoms with Crippen LogP contribution in [0, 0.1) is 11.8 Å². The molecule has 0 aliphatic rings. The molecule has 0 fully saturated rings. The van der Waals surface area contributed by atoms with Crippen molar-refractivity contribution in [2.24, 2.45) is 11.8 Å². The summed E-state index contributed by atoms with van der Waals surface area (Å²) >= 11 is 0. The molecule has 0 amide bonds. The van der Waals surface area contributed by atoms with E-state index in [1.807, 2.05) is 0 Å². The zero-order valence-electron chi connectivity index (χ0n) is 25.3. The molecule has 0 aromatic rings. The van der Waals surface area contributed by atoms with Gasteiger partial charge in [-0.25, -0.2) is 4.79 Å². The molecule has 0 aromatic heterocycles. The predicted octanol–water partition coefficient (Wildman–Crippen LogP) is 11.8. The molecule has 0 N–H and O–H groups in total. The Hall–Kier alpha value is -0.730. The van der Waals surface area contributed by atoms with Crippen LogP contribution in [0.1, 0.15) is 182 Å². The Morgan fingerprint density at radius 3 is 0.861 bits per heavy atom. The molecule has 0 heterocycles. The lowest BCUT2D eigenvalue weighted by Gasteiger charge is -2.07. The molecule has 0 rings (SSSR count). The van der Waals surface area contributed by atoms with Gasteiger partial charge >= 0.3 is 6.16 Å². The minimum Gasteiger partial charge on any atom is -0.434 e. The van der Waals surface area contributed by atoms with Crippen LogP contribution >= 0.6 is 0 Å². The van der Waals surface area contributed by atoms with Crippen molar-refractivity contribution in [2.75, 3.05) is 13.2 Å². The summed E-state index contributed by atoms with van der Waals surface area (Å²) in [4.78, 5) is 11.7. The van der Waals surface area contributed by atoms with Gasteiger partial charge in [0, 0.05) is 0 Å². The number of rotatable bonds is 28. The van der Waals surface area contributed by atoms with E-state index in [4.69, 9.17) is 9.47 Å². The smallest absolute Gasteiger partial charge is 0.434 e. The Bertz CT molecular complexity index is 395. The van der Waals surface area contributed by atoms with Crippen molar-refractivity contribution in [3.63, 3.8) is 0 Å². The first-order valence-corrected chi connectivity index (χ1v) is 16.3. The number of hydrogen-bond acceptors (Lipinski definition) is 3. The highest BCUT2D eigenvalue weighted by Crippen LogP contribution is 2.15. The molecule has 0 bridgehead atoms. The van der Waals surface area contributed by atoms with Crippen LogP contribution < -0.4 is 0 Å². The first kappa shape index (κ1) is 35.3. The van der Waals surface area contributed by atoms with Crippen molar-refractivity contribution in [1.82, 2.24) is 0 Å². The van der Waals surface area contributed by atoms with Gasteiger partial charge in [-0.2, -0.15) is 0 Å². The maximum absolute atomic E-state index is 11.7. The Balaban J connectivity index is 3.16. The van der Waals surface area contributed by atoms with Gasteiger partial charge in [-0.3, -0.25) is 0 Å². The van der Waals surface area contributed by atoms with E-state index in [1.54, 1.807) is 0 Å². The molecule has 0 aliphatic carbocycles. The van der Waals surface area contributed by atoms with E-state index in [0.29, 0.717) is 13.2 Å². The lowest BCUT2D eigenvalue weighted by atomic mass is 10.0. The van der Waals surface area contributed by atoms with E-state index in [9.17, 15) is 4.79 Å². The third-order valence-corrected chi connectivity index (χ3v) is 7.29. The predicted molar refractivity (Wildman–Crippen MR) is 158 cm³/mol. The second kappa shape index (κ2) is 28.8. The summed E-state index contributed by atoms with van der Waals surface area (Å²) < 4.78 is 10.4. The Morgan fingerprint density at radius 1 is 0.389 bits per heavy atom. The molecular weight excluding hydrogens is 444 g/mol. The summed E-state index contributed by atoms with van der Waals surface area (Å²) in [6, 6.07) is 0. The normalized spacial score (nSPS) is 11.5. The van der Waals surface area contributed by atoms with Crippen LogP contribution in [0.2, 0.25) is 0 Å². The highest BCUT2D eigenvalue weighted by Gasteiger charge is 2.03. The molecule has 0 spiro atoms. The largest absolute Gasteiger partial charge is 0.508 e. The molecule has 0 unspecified atom stereocenters. The average molecular weight is 511 g/mol. The first-order valence-electron chi connectivity index (χ1n) is 16.3. The minimum atomic E-state index is -0.475. The van der Waals surface area contributed by atoms with E-state index in [0.717, 1.165) is 37.5 Å². The summed E-state index contributed by atoms with van der Waals surface area (Å²) in [6.45, 7) is 10.3. The van der Waals surface area contributed by atoms with Crippen molar-refractivity contribution in [1.29, 1.82) is 0 Å². The maximum Gasteiger partial charge on any atom is 0.508 e. The van der Waals surface area contributed by atoms with Crippen LogP contribution in [-0.4, -0.2) is 19.4 Å². The van der Waals surface area contributed by atoms with Gasteiger partial charge in [-0.05, 0) is 24.7 Å². The Labute approximate surface area is 227 Å². The zero-order valence-corrected chi connectivity index (χ0v) is 25.3. The number of hydrogen-bond donors (Lipinski definition) is 0. The van der Waals surface area contributed by atoms with Gasteiger partial charge in [0.15, 0.2) is 0 Å². The van der Waals surface area contributed by atoms with Crippen molar-refractivity contribution in [2.45, 2.75) is 182 Å². The van der Waals surface area contributed by atoms with E-state index in [1.165, 1.54) is 128 Å². The lowest BCUT2D eigenvalue weighted by molar-refractivity contribution is 0.0529. The van der Waals surface area contributed by atoms with E-state index in [-0.39, 0.29) is 0 Å². The molecule has 0 aromatic carbocycles. The molecular formula is C33H66O3. The van der Waals surface area contributed by atoms with Crippen molar-refractivity contribution in [3.8, 4) is 0 Å². The van der Waals surface area contributed by atoms with E-state index < -0.39 is 6.16 Å². The molecule has 0 radical (unpaired) electrons. The Kier molecular flexibility index (Phi) is 28.3. The summed E-state index contributed by atoms with van der Waals surface area (Å²) in [7, 11) is 0. The topological polar surface area (TPSA) is 35.5 Å². The van der Waals surface area contributed by atoms with Gasteiger partial charge in [0.1, 0.15) is 0 Å². The number of ether oxygens (including phenoxy) is 2. The standard InChI is InChI=1S/C33H66O3/c1-31(2)27-23-19-15-11-7-5-9-13-17-21-25-29-35-33(34)36-30-26-22-18-14-10-6-8-12-16-20-24-28-32(3)4/h31-32H,5-30H2,1-4H3. The summed E-state index contributed by atoms with van der Waals surface area (Å²) in [5.41, 5.74) is 0. The quantitative estimate of drug-likeness (QED) is 0.0775. The number of carbonyl (C=O) groups excluding carboxylic acids is 1. The van der Waals surface area contributed by atoms with Gasteiger partial charge in [0.05, 0.1) is 13.2 Å². The van der Waals surface area contributed by atoms with Crippen LogP contribution in [0.25, 0.3) is 0 Å². The minimum absolute atomic E-state index is 0.475. The average Bonchev–Trinajstić information content (AvgIpc) is 2.84. The fourth-order valence-electron chi connectivity index (χ4n) is 4.84. The highest BCUT2D eigenvalue weighted by atomic mass is 16.7. The van der Waals surface area contributed by atoms with Gasteiger partial charge < -0.3 is 9.47 Å². The van der Waals surface area contributed by atoms with Crippen LogP contribution in [-0.2, 0) is 9.47 Å². The van der Waals surface area contributed by atoms with E-state index in [2.05, 4.69) is 27.7 Å². The molecule has 0 aliphatic heterocycles. The zero-order chi connectivity index (χ0) is 26.5.